The van der Waals surface area contributed by atoms with Crippen LogP contribution >= 0.6 is 35.4 Å². The molecule has 2 aromatic rings. The maximum atomic E-state index is 12.2. The average Bonchev–Trinajstić information content (AvgIpc) is 2.68. The minimum absolute atomic E-state index is 0.173. The molecular formula is C17H14Cl2N4O5S. The second kappa shape index (κ2) is 10.0. The molecule has 0 saturated carbocycles. The summed E-state index contributed by atoms with van der Waals surface area (Å²) in [6.45, 7) is 1.47. The lowest BCUT2D eigenvalue weighted by molar-refractivity contribution is -0.385. The van der Waals surface area contributed by atoms with Gasteiger partial charge in [0.05, 0.1) is 9.95 Å². The third-order valence-corrected chi connectivity index (χ3v) is 4.17. The van der Waals surface area contributed by atoms with Crippen molar-refractivity contribution in [3.63, 3.8) is 0 Å². The lowest BCUT2D eigenvalue weighted by atomic mass is 10.2. The van der Waals surface area contributed by atoms with Crippen LogP contribution in [0.5, 0.6) is 5.75 Å². The van der Waals surface area contributed by atoms with Crippen molar-refractivity contribution in [2.75, 3.05) is 0 Å². The maximum Gasteiger partial charge on any atom is 0.282 e. The van der Waals surface area contributed by atoms with Crippen molar-refractivity contribution in [1.82, 2.24) is 16.2 Å². The Hall–Kier alpha value is -2.95. The van der Waals surface area contributed by atoms with Crippen LogP contribution in [0.15, 0.2) is 42.5 Å². The Morgan fingerprint density at radius 1 is 1.17 bits per heavy atom. The summed E-state index contributed by atoms with van der Waals surface area (Å²) in [5.74, 6) is -1.16. The number of nitro groups is 1. The Bertz CT molecular complexity index is 973. The number of carbonyl (C=O) groups excluding carboxylic acids is 2. The van der Waals surface area contributed by atoms with Crippen LogP contribution in [0, 0.1) is 10.1 Å². The van der Waals surface area contributed by atoms with Gasteiger partial charge in [-0.15, -0.1) is 0 Å². The first-order valence-electron chi connectivity index (χ1n) is 7.95. The molecule has 0 bridgehead atoms. The van der Waals surface area contributed by atoms with Crippen LogP contribution < -0.4 is 20.9 Å². The SMILES string of the molecule is CC(Oc1ccc(Cl)cc1Cl)C(=O)NC(=S)NNC(=O)c1ccccc1[N+](=O)[O-]. The number of hydrogen-bond acceptors (Lipinski definition) is 6. The fraction of sp³-hybridized carbons (Fsp3) is 0.118. The van der Waals surface area contributed by atoms with Crippen molar-refractivity contribution in [3.05, 3.63) is 68.2 Å². The molecule has 9 nitrogen and oxygen atoms in total. The molecule has 1 unspecified atom stereocenters. The minimum atomic E-state index is -0.973. The number of benzene rings is 2. The van der Waals surface area contributed by atoms with Crippen molar-refractivity contribution in [1.29, 1.82) is 0 Å². The van der Waals surface area contributed by atoms with Gasteiger partial charge in [0.15, 0.2) is 11.2 Å². The Balaban J connectivity index is 1.89. The molecule has 0 heterocycles. The number of nitrogens with zero attached hydrogens (tertiary/aromatic N) is 1. The fourth-order valence-corrected chi connectivity index (χ4v) is 2.67. The second-order valence-electron chi connectivity index (χ2n) is 5.51. The molecule has 2 rings (SSSR count). The topological polar surface area (TPSA) is 123 Å². The van der Waals surface area contributed by atoms with Crippen LogP contribution in [-0.4, -0.2) is 28.0 Å². The lowest BCUT2D eigenvalue weighted by Gasteiger charge is -2.16. The summed E-state index contributed by atoms with van der Waals surface area (Å²) in [7, 11) is 0. The van der Waals surface area contributed by atoms with E-state index in [4.69, 9.17) is 40.2 Å². The summed E-state index contributed by atoms with van der Waals surface area (Å²) in [6, 6.07) is 9.91. The van der Waals surface area contributed by atoms with Crippen LogP contribution in [0.25, 0.3) is 0 Å². The highest BCUT2D eigenvalue weighted by atomic mass is 35.5. The molecule has 0 fully saturated rings. The number of ether oxygens (including phenoxy) is 1. The molecule has 2 aromatic carbocycles. The van der Waals surface area contributed by atoms with Crippen LogP contribution in [0.3, 0.4) is 0 Å². The number of hydrazine groups is 1. The van der Waals surface area contributed by atoms with Crippen molar-refractivity contribution >= 4 is 58.0 Å². The van der Waals surface area contributed by atoms with Gasteiger partial charge < -0.3 is 4.74 Å². The second-order valence-corrected chi connectivity index (χ2v) is 6.76. The van der Waals surface area contributed by atoms with E-state index in [0.717, 1.165) is 0 Å². The highest BCUT2D eigenvalue weighted by molar-refractivity contribution is 7.80. The molecule has 0 aliphatic carbocycles. The van der Waals surface area contributed by atoms with Gasteiger partial charge in [-0.25, -0.2) is 0 Å². The van der Waals surface area contributed by atoms with E-state index in [0.29, 0.717) is 5.02 Å². The summed E-state index contributed by atoms with van der Waals surface area (Å²) in [5, 5.41) is 13.7. The Morgan fingerprint density at radius 2 is 1.86 bits per heavy atom. The molecule has 12 heteroatoms. The predicted octanol–water partition coefficient (Wildman–Crippen LogP) is 3.00. The number of nitrogens with one attached hydrogen (secondary N) is 3. The van der Waals surface area contributed by atoms with E-state index < -0.39 is 22.8 Å². The van der Waals surface area contributed by atoms with E-state index in [1.165, 1.54) is 43.3 Å². The molecule has 2 amide bonds. The molecule has 0 spiro atoms. The summed E-state index contributed by atoms with van der Waals surface area (Å²) < 4.78 is 5.45. The number of hydrogen-bond donors (Lipinski definition) is 3. The molecule has 0 aliphatic heterocycles. The number of rotatable bonds is 5. The largest absolute Gasteiger partial charge is 0.479 e. The molecule has 0 aliphatic rings. The van der Waals surface area contributed by atoms with E-state index in [1.807, 2.05) is 0 Å². The van der Waals surface area contributed by atoms with E-state index in [1.54, 1.807) is 6.07 Å². The fourth-order valence-electron chi connectivity index (χ4n) is 2.07. The van der Waals surface area contributed by atoms with Crippen molar-refractivity contribution in [2.45, 2.75) is 13.0 Å². The number of carbonyl (C=O) groups is 2. The highest BCUT2D eigenvalue weighted by Gasteiger charge is 2.20. The number of nitro benzene ring substituents is 1. The maximum absolute atomic E-state index is 12.2. The molecular weight excluding hydrogens is 443 g/mol. The standard InChI is InChI=1S/C17H14Cl2N4O5S/c1-9(28-14-7-6-10(18)8-12(14)19)15(24)20-17(29)22-21-16(25)11-4-2-3-5-13(11)23(26)27/h2-9H,1H3,(H,21,25)(H2,20,22,24,29). The number of thiocarbonyl (C=S) groups is 1. The Morgan fingerprint density at radius 3 is 2.52 bits per heavy atom. The van der Waals surface area contributed by atoms with Gasteiger partial charge in [0, 0.05) is 11.1 Å². The van der Waals surface area contributed by atoms with Gasteiger partial charge in [-0.1, -0.05) is 35.3 Å². The molecule has 0 saturated heterocycles. The first-order chi connectivity index (χ1) is 13.7. The lowest BCUT2D eigenvalue weighted by Crippen LogP contribution is -2.51. The third kappa shape index (κ3) is 6.28. The Kier molecular flexibility index (Phi) is 7.71. The first-order valence-corrected chi connectivity index (χ1v) is 9.11. The first kappa shape index (κ1) is 22.3. The van der Waals surface area contributed by atoms with E-state index in [2.05, 4.69) is 16.2 Å². The van der Waals surface area contributed by atoms with Crippen LogP contribution in [0.4, 0.5) is 5.69 Å². The van der Waals surface area contributed by atoms with Gasteiger partial charge in [0.1, 0.15) is 11.3 Å². The predicted molar refractivity (Wildman–Crippen MR) is 111 cm³/mol. The van der Waals surface area contributed by atoms with Crippen LogP contribution in [0.2, 0.25) is 10.0 Å². The number of para-hydroxylation sites is 1. The van der Waals surface area contributed by atoms with Crippen molar-refractivity contribution < 1.29 is 19.2 Å². The van der Waals surface area contributed by atoms with E-state index in [-0.39, 0.29) is 27.1 Å². The summed E-state index contributed by atoms with van der Waals surface area (Å²) >= 11 is 16.7. The van der Waals surface area contributed by atoms with Gasteiger partial charge >= 0.3 is 0 Å². The monoisotopic (exact) mass is 456 g/mol. The molecule has 3 N–H and O–H groups in total. The highest BCUT2D eigenvalue weighted by Crippen LogP contribution is 2.28. The van der Waals surface area contributed by atoms with Gasteiger partial charge in [0.2, 0.25) is 0 Å². The zero-order chi connectivity index (χ0) is 21.6. The third-order valence-electron chi connectivity index (χ3n) is 3.44. The van der Waals surface area contributed by atoms with Crippen molar-refractivity contribution in [2.24, 2.45) is 0 Å². The molecule has 29 heavy (non-hydrogen) atoms. The smallest absolute Gasteiger partial charge is 0.282 e. The van der Waals surface area contributed by atoms with Gasteiger partial charge in [0.25, 0.3) is 17.5 Å². The molecule has 0 radical (unpaired) electrons. The zero-order valence-electron chi connectivity index (χ0n) is 14.8. The van der Waals surface area contributed by atoms with Crippen LogP contribution in [0.1, 0.15) is 17.3 Å². The number of halogens is 2. The van der Waals surface area contributed by atoms with Gasteiger partial charge in [-0.05, 0) is 43.4 Å². The van der Waals surface area contributed by atoms with Gasteiger partial charge in [-0.3, -0.25) is 35.9 Å². The summed E-state index contributed by atoms with van der Waals surface area (Å²) in [5.41, 5.74) is 3.93. The van der Waals surface area contributed by atoms with E-state index in [9.17, 15) is 19.7 Å². The summed E-state index contributed by atoms with van der Waals surface area (Å²) in [6.07, 6.45) is -0.973. The summed E-state index contributed by atoms with van der Waals surface area (Å²) in [4.78, 5) is 34.5. The molecule has 1 atom stereocenters. The molecule has 0 aromatic heterocycles. The van der Waals surface area contributed by atoms with Crippen LogP contribution in [-0.2, 0) is 4.79 Å². The Labute approximate surface area is 180 Å². The van der Waals surface area contributed by atoms with Crippen molar-refractivity contribution in [3.8, 4) is 5.75 Å². The zero-order valence-corrected chi connectivity index (χ0v) is 17.1. The number of amides is 2. The quantitative estimate of drug-likeness (QED) is 0.358. The minimum Gasteiger partial charge on any atom is -0.479 e. The average molecular weight is 457 g/mol. The van der Waals surface area contributed by atoms with Gasteiger partial charge in [-0.2, -0.15) is 0 Å². The van der Waals surface area contributed by atoms with E-state index >= 15 is 0 Å². The molecule has 152 valence electrons. The normalized spacial score (nSPS) is 11.1.